The number of hydrogen-bond donors (Lipinski definition) is 1. The second-order valence-electron chi connectivity index (χ2n) is 5.30. The summed E-state index contributed by atoms with van der Waals surface area (Å²) in [6.07, 6.45) is 7.25. The van der Waals surface area contributed by atoms with E-state index in [0.717, 1.165) is 24.7 Å². The number of carbonyl (C=O) groups excluding carboxylic acids is 1. The average molecular weight is 225 g/mol. The minimum absolute atomic E-state index is 0.0263. The van der Waals surface area contributed by atoms with Gasteiger partial charge in [-0.15, -0.1) is 0 Å². The van der Waals surface area contributed by atoms with Gasteiger partial charge in [0, 0.05) is 6.04 Å². The van der Waals surface area contributed by atoms with Crippen LogP contribution in [0.4, 0.5) is 0 Å². The molecule has 2 rings (SSSR count). The van der Waals surface area contributed by atoms with Crippen LogP contribution in [0.5, 0.6) is 0 Å². The Morgan fingerprint density at radius 2 is 1.88 bits per heavy atom. The zero-order valence-electron chi connectivity index (χ0n) is 10.2. The molecule has 0 radical (unpaired) electrons. The monoisotopic (exact) mass is 225 g/mol. The van der Waals surface area contributed by atoms with Crippen molar-refractivity contribution in [3.63, 3.8) is 0 Å². The molecule has 4 unspecified atom stereocenters. The first-order valence-corrected chi connectivity index (χ1v) is 6.64. The summed E-state index contributed by atoms with van der Waals surface area (Å²) in [6.45, 7) is 2.33. The minimum Gasteiger partial charge on any atom is -0.466 e. The third-order valence-corrected chi connectivity index (χ3v) is 4.30. The van der Waals surface area contributed by atoms with Gasteiger partial charge < -0.3 is 10.5 Å². The predicted octanol–water partition coefficient (Wildman–Crippen LogP) is 2.09. The van der Waals surface area contributed by atoms with Gasteiger partial charge in [0.15, 0.2) is 0 Å². The van der Waals surface area contributed by atoms with E-state index in [1.165, 1.54) is 25.7 Å². The normalized spacial score (nSPS) is 38.9. The van der Waals surface area contributed by atoms with Gasteiger partial charge in [0.1, 0.15) is 0 Å². The Kier molecular flexibility index (Phi) is 3.85. The van der Waals surface area contributed by atoms with Crippen LogP contribution in [0.25, 0.3) is 0 Å². The molecule has 16 heavy (non-hydrogen) atoms. The molecule has 2 N–H and O–H groups in total. The van der Waals surface area contributed by atoms with Gasteiger partial charge in [-0.25, -0.2) is 0 Å². The van der Waals surface area contributed by atoms with Crippen molar-refractivity contribution in [1.29, 1.82) is 0 Å². The molecule has 0 amide bonds. The van der Waals surface area contributed by atoms with Gasteiger partial charge in [-0.1, -0.05) is 25.7 Å². The van der Waals surface area contributed by atoms with Crippen molar-refractivity contribution in [1.82, 2.24) is 0 Å². The smallest absolute Gasteiger partial charge is 0.310 e. The Morgan fingerprint density at radius 1 is 1.25 bits per heavy atom. The zero-order chi connectivity index (χ0) is 11.5. The molecule has 92 valence electrons. The number of hydrogen-bond acceptors (Lipinski definition) is 3. The van der Waals surface area contributed by atoms with Gasteiger partial charge >= 0.3 is 5.97 Å². The summed E-state index contributed by atoms with van der Waals surface area (Å²) in [5.41, 5.74) is 6.12. The van der Waals surface area contributed by atoms with Gasteiger partial charge in [0.2, 0.25) is 0 Å². The van der Waals surface area contributed by atoms with Crippen LogP contribution in [0.2, 0.25) is 0 Å². The molecular formula is C13H23NO2. The molecule has 3 heteroatoms. The summed E-state index contributed by atoms with van der Waals surface area (Å²) >= 11 is 0. The highest BCUT2D eigenvalue weighted by Crippen LogP contribution is 2.42. The lowest BCUT2D eigenvalue weighted by Crippen LogP contribution is -2.45. The van der Waals surface area contributed by atoms with E-state index in [-0.39, 0.29) is 17.9 Å². The van der Waals surface area contributed by atoms with Crippen LogP contribution in [-0.4, -0.2) is 18.6 Å². The van der Waals surface area contributed by atoms with E-state index in [2.05, 4.69) is 0 Å². The topological polar surface area (TPSA) is 52.3 Å². The minimum atomic E-state index is -0.0703. The van der Waals surface area contributed by atoms with Crippen LogP contribution in [0, 0.1) is 17.8 Å². The molecular weight excluding hydrogens is 202 g/mol. The molecule has 2 fully saturated rings. The van der Waals surface area contributed by atoms with E-state index in [1.807, 2.05) is 6.92 Å². The lowest BCUT2D eigenvalue weighted by atomic mass is 9.66. The van der Waals surface area contributed by atoms with E-state index >= 15 is 0 Å². The highest BCUT2D eigenvalue weighted by atomic mass is 16.5. The lowest BCUT2D eigenvalue weighted by Gasteiger charge is -2.41. The number of nitrogens with two attached hydrogens (primary N) is 1. The molecule has 0 saturated heterocycles. The maximum absolute atomic E-state index is 11.8. The Balaban J connectivity index is 1.97. The van der Waals surface area contributed by atoms with E-state index in [9.17, 15) is 4.79 Å². The van der Waals surface area contributed by atoms with Crippen molar-refractivity contribution in [3.8, 4) is 0 Å². The van der Waals surface area contributed by atoms with Crippen molar-refractivity contribution in [3.05, 3.63) is 0 Å². The van der Waals surface area contributed by atoms with Crippen molar-refractivity contribution >= 4 is 5.97 Å². The molecule has 0 spiro atoms. The number of esters is 1. The first-order valence-electron chi connectivity index (χ1n) is 6.64. The van der Waals surface area contributed by atoms with Crippen LogP contribution in [0.15, 0.2) is 0 Å². The first-order chi connectivity index (χ1) is 7.72. The summed E-state index contributed by atoms with van der Waals surface area (Å²) in [5.74, 6) is 1.38. The van der Waals surface area contributed by atoms with E-state index in [0.29, 0.717) is 6.61 Å². The summed E-state index contributed by atoms with van der Waals surface area (Å²) in [6, 6.07) is 0.0263. The zero-order valence-corrected chi connectivity index (χ0v) is 10.2. The summed E-state index contributed by atoms with van der Waals surface area (Å²) in [4.78, 5) is 11.8. The molecule has 0 aromatic carbocycles. The fraction of sp³-hybridized carbons (Fsp3) is 0.923. The number of carbonyl (C=O) groups is 1. The largest absolute Gasteiger partial charge is 0.466 e. The molecule has 0 aromatic heterocycles. The van der Waals surface area contributed by atoms with Crippen LogP contribution >= 0.6 is 0 Å². The van der Waals surface area contributed by atoms with Crippen molar-refractivity contribution in [2.45, 2.75) is 51.5 Å². The maximum atomic E-state index is 11.8. The highest BCUT2D eigenvalue weighted by Gasteiger charge is 2.40. The second-order valence-corrected chi connectivity index (χ2v) is 5.30. The first kappa shape index (κ1) is 11.9. The fourth-order valence-corrected chi connectivity index (χ4v) is 3.44. The van der Waals surface area contributed by atoms with Crippen molar-refractivity contribution < 1.29 is 9.53 Å². The molecule has 0 aliphatic heterocycles. The lowest BCUT2D eigenvalue weighted by molar-refractivity contribution is -0.151. The van der Waals surface area contributed by atoms with Crippen molar-refractivity contribution in [2.75, 3.05) is 6.61 Å². The van der Waals surface area contributed by atoms with Gasteiger partial charge in [0.25, 0.3) is 0 Å². The van der Waals surface area contributed by atoms with Gasteiger partial charge in [0.05, 0.1) is 12.5 Å². The molecule has 2 aliphatic rings. The molecule has 0 heterocycles. The van der Waals surface area contributed by atoms with Crippen LogP contribution in [-0.2, 0) is 9.53 Å². The Labute approximate surface area is 97.7 Å². The van der Waals surface area contributed by atoms with E-state index in [4.69, 9.17) is 10.5 Å². The summed E-state index contributed by atoms with van der Waals surface area (Å²) < 4.78 is 5.11. The summed E-state index contributed by atoms with van der Waals surface area (Å²) in [7, 11) is 0. The molecule has 3 nitrogen and oxygen atoms in total. The Hall–Kier alpha value is -0.570. The standard InChI is InChI=1S/C13H23NO2/c1-2-16-13(15)11-7-9-5-3-4-6-10(9)8-12(11)14/h9-12H,2-8,14H2,1H3. The molecule has 0 aromatic rings. The highest BCUT2D eigenvalue weighted by molar-refractivity contribution is 5.73. The van der Waals surface area contributed by atoms with E-state index < -0.39 is 0 Å². The Morgan fingerprint density at radius 3 is 2.50 bits per heavy atom. The number of rotatable bonds is 2. The molecule has 4 atom stereocenters. The van der Waals surface area contributed by atoms with Gasteiger partial charge in [-0.2, -0.15) is 0 Å². The molecule has 2 saturated carbocycles. The van der Waals surface area contributed by atoms with Crippen LogP contribution in [0.3, 0.4) is 0 Å². The third kappa shape index (κ3) is 2.40. The maximum Gasteiger partial charge on any atom is 0.310 e. The van der Waals surface area contributed by atoms with Crippen LogP contribution < -0.4 is 5.73 Å². The van der Waals surface area contributed by atoms with E-state index in [1.54, 1.807) is 0 Å². The van der Waals surface area contributed by atoms with Crippen molar-refractivity contribution in [2.24, 2.45) is 23.5 Å². The summed E-state index contributed by atoms with van der Waals surface area (Å²) in [5, 5.41) is 0. The van der Waals surface area contributed by atoms with Crippen LogP contribution in [0.1, 0.15) is 45.4 Å². The quantitative estimate of drug-likeness (QED) is 0.732. The average Bonchev–Trinajstić information content (AvgIpc) is 2.28. The SMILES string of the molecule is CCOC(=O)C1CC2CCCCC2CC1N. The molecule has 0 bridgehead atoms. The molecule has 2 aliphatic carbocycles. The number of fused-ring (bicyclic) bond motifs is 1. The Bertz CT molecular complexity index is 254. The number of ether oxygens (including phenoxy) is 1. The fourth-order valence-electron chi connectivity index (χ4n) is 3.44. The third-order valence-electron chi connectivity index (χ3n) is 4.30. The predicted molar refractivity (Wildman–Crippen MR) is 62.8 cm³/mol. The van der Waals surface area contributed by atoms with Gasteiger partial charge in [-0.3, -0.25) is 4.79 Å². The van der Waals surface area contributed by atoms with Gasteiger partial charge in [-0.05, 0) is 31.6 Å². The second kappa shape index (κ2) is 5.17.